The molecule has 1 aliphatic rings. The Morgan fingerprint density at radius 1 is 1.21 bits per heavy atom. The molecule has 1 aliphatic heterocycles. The van der Waals surface area contributed by atoms with Gasteiger partial charge in [-0.15, -0.1) is 11.8 Å². The molecule has 4 heteroatoms. The molecule has 0 spiro atoms. The van der Waals surface area contributed by atoms with Crippen molar-refractivity contribution in [1.29, 1.82) is 0 Å². The lowest BCUT2D eigenvalue weighted by Crippen LogP contribution is -2.35. The predicted octanol–water partition coefficient (Wildman–Crippen LogP) is 7.55. The Morgan fingerprint density at radius 2 is 1.97 bits per heavy atom. The largest absolute Gasteiger partial charge is 0.493 e. The van der Waals surface area contributed by atoms with E-state index < -0.39 is 0 Å². The summed E-state index contributed by atoms with van der Waals surface area (Å²) in [7, 11) is 0. The molecule has 2 N–H and O–H groups in total. The van der Waals surface area contributed by atoms with Gasteiger partial charge in [-0.1, -0.05) is 70.9 Å². The fraction of sp³-hybridized carbons (Fsp3) is 0.640. The maximum absolute atomic E-state index is 6.30. The Balaban J connectivity index is 1.72. The Morgan fingerprint density at radius 3 is 2.69 bits per heavy atom. The predicted molar refractivity (Wildman–Crippen MR) is 129 cm³/mol. The van der Waals surface area contributed by atoms with E-state index in [2.05, 4.69) is 50.2 Å². The number of ether oxygens (including phenoxy) is 1. The van der Waals surface area contributed by atoms with E-state index in [9.17, 15) is 0 Å². The van der Waals surface area contributed by atoms with Gasteiger partial charge in [0.2, 0.25) is 0 Å². The van der Waals surface area contributed by atoms with Crippen LogP contribution in [0.4, 0.5) is 5.69 Å². The SMILES string of the molecule is CCCC(C)CCCCCCCOc1cc(N=C(N)C2(C)CC=CS2)ccc1C. The molecule has 1 aromatic carbocycles. The minimum Gasteiger partial charge on any atom is -0.493 e. The number of hydrogen-bond acceptors (Lipinski definition) is 3. The van der Waals surface area contributed by atoms with Gasteiger partial charge in [0.05, 0.1) is 17.0 Å². The summed E-state index contributed by atoms with van der Waals surface area (Å²) in [5.41, 5.74) is 8.32. The lowest BCUT2D eigenvalue weighted by molar-refractivity contribution is 0.302. The van der Waals surface area contributed by atoms with Crippen LogP contribution in [0.3, 0.4) is 0 Å². The smallest absolute Gasteiger partial charge is 0.124 e. The zero-order chi connectivity index (χ0) is 21.1. The molecule has 2 atom stereocenters. The van der Waals surface area contributed by atoms with Crippen LogP contribution in [0.5, 0.6) is 5.75 Å². The highest BCUT2D eigenvalue weighted by Crippen LogP contribution is 2.37. The van der Waals surface area contributed by atoms with E-state index >= 15 is 0 Å². The van der Waals surface area contributed by atoms with E-state index in [-0.39, 0.29) is 4.75 Å². The van der Waals surface area contributed by atoms with Gasteiger partial charge in [0.25, 0.3) is 0 Å². The van der Waals surface area contributed by atoms with Crippen molar-refractivity contribution >= 4 is 23.3 Å². The van der Waals surface area contributed by atoms with Crippen LogP contribution in [0.1, 0.15) is 84.1 Å². The molecule has 0 fully saturated rings. The van der Waals surface area contributed by atoms with E-state index in [0.29, 0.717) is 5.84 Å². The number of aliphatic imine (C=N–C) groups is 1. The second-order valence-corrected chi connectivity index (χ2v) is 10.1. The average Bonchev–Trinajstić information content (AvgIpc) is 3.14. The summed E-state index contributed by atoms with van der Waals surface area (Å²) in [6, 6.07) is 6.11. The van der Waals surface area contributed by atoms with Gasteiger partial charge in [0.15, 0.2) is 0 Å². The van der Waals surface area contributed by atoms with Crippen LogP contribution in [0, 0.1) is 12.8 Å². The first-order valence-corrected chi connectivity index (χ1v) is 12.2. The number of hydrogen-bond donors (Lipinski definition) is 1. The number of nitrogens with zero attached hydrogens (tertiary/aromatic N) is 1. The molecule has 1 aromatic rings. The summed E-state index contributed by atoms with van der Waals surface area (Å²) in [4.78, 5) is 4.67. The maximum Gasteiger partial charge on any atom is 0.124 e. The molecule has 0 saturated carbocycles. The van der Waals surface area contributed by atoms with E-state index in [1.165, 1.54) is 44.9 Å². The average molecular weight is 417 g/mol. The quantitative estimate of drug-likeness (QED) is 0.205. The first-order chi connectivity index (χ1) is 13.9. The van der Waals surface area contributed by atoms with E-state index in [0.717, 1.165) is 42.4 Å². The van der Waals surface area contributed by atoms with Gasteiger partial charge in [0, 0.05) is 6.07 Å². The van der Waals surface area contributed by atoms with Gasteiger partial charge in [-0.05, 0) is 49.6 Å². The molecule has 0 aliphatic carbocycles. The number of aryl methyl sites for hydroxylation is 1. The normalized spacial score (nSPS) is 20.2. The molecule has 0 bridgehead atoms. The summed E-state index contributed by atoms with van der Waals surface area (Å²) in [5, 5.41) is 2.11. The van der Waals surface area contributed by atoms with Crippen molar-refractivity contribution < 1.29 is 4.74 Å². The zero-order valence-corrected chi connectivity index (χ0v) is 19.7. The molecular weight excluding hydrogens is 376 g/mol. The van der Waals surface area contributed by atoms with Gasteiger partial charge in [-0.3, -0.25) is 0 Å². The third kappa shape index (κ3) is 8.08. The first-order valence-electron chi connectivity index (χ1n) is 11.4. The van der Waals surface area contributed by atoms with Gasteiger partial charge in [-0.2, -0.15) is 0 Å². The van der Waals surface area contributed by atoms with Gasteiger partial charge in [-0.25, -0.2) is 4.99 Å². The number of allylic oxidation sites excluding steroid dienone is 1. The van der Waals surface area contributed by atoms with E-state index in [4.69, 9.17) is 10.5 Å². The van der Waals surface area contributed by atoms with Crippen LogP contribution in [0.2, 0.25) is 0 Å². The van der Waals surface area contributed by atoms with Crippen molar-refractivity contribution in [3.63, 3.8) is 0 Å². The molecule has 3 nitrogen and oxygen atoms in total. The van der Waals surface area contributed by atoms with Gasteiger partial charge >= 0.3 is 0 Å². The molecule has 162 valence electrons. The third-order valence-corrected chi connectivity index (χ3v) is 7.00. The van der Waals surface area contributed by atoms with Crippen LogP contribution < -0.4 is 10.5 Å². The highest BCUT2D eigenvalue weighted by molar-refractivity contribution is 8.04. The standard InChI is InChI=1S/C25H40N2OS/c1-5-12-20(2)13-9-7-6-8-10-17-28-23-19-22(15-14-21(23)3)27-24(26)25(4)16-11-18-29-25/h11,14-15,18-20H,5-10,12-13,16-17H2,1-4H3,(H2,26,27). The summed E-state index contributed by atoms with van der Waals surface area (Å²) >= 11 is 1.74. The van der Waals surface area contributed by atoms with Crippen LogP contribution in [0.15, 0.2) is 34.7 Å². The topological polar surface area (TPSA) is 47.6 Å². The number of nitrogens with two attached hydrogens (primary N) is 1. The molecule has 0 saturated heterocycles. The third-order valence-electron chi connectivity index (χ3n) is 5.78. The number of amidine groups is 1. The van der Waals surface area contributed by atoms with E-state index in [1.807, 2.05) is 12.1 Å². The first kappa shape index (κ1) is 23.9. The highest BCUT2D eigenvalue weighted by Gasteiger charge is 2.30. The molecule has 0 radical (unpaired) electrons. The minimum absolute atomic E-state index is 0.125. The van der Waals surface area contributed by atoms with Crippen LogP contribution >= 0.6 is 11.8 Å². The molecule has 0 amide bonds. The van der Waals surface area contributed by atoms with Crippen molar-refractivity contribution in [2.24, 2.45) is 16.6 Å². The Hall–Kier alpha value is -1.42. The van der Waals surface area contributed by atoms with Crippen molar-refractivity contribution in [2.45, 2.75) is 90.2 Å². The number of thioether (sulfide) groups is 1. The van der Waals surface area contributed by atoms with Crippen LogP contribution in [-0.4, -0.2) is 17.2 Å². The Bertz CT molecular complexity index is 675. The fourth-order valence-corrected chi connectivity index (χ4v) is 4.55. The fourth-order valence-electron chi connectivity index (χ4n) is 3.70. The molecule has 2 unspecified atom stereocenters. The zero-order valence-electron chi connectivity index (χ0n) is 18.9. The lowest BCUT2D eigenvalue weighted by atomic mass is 9.98. The molecule has 0 aromatic heterocycles. The van der Waals surface area contributed by atoms with Gasteiger partial charge in [0.1, 0.15) is 11.6 Å². The summed E-state index contributed by atoms with van der Waals surface area (Å²) in [6.45, 7) is 9.67. The maximum atomic E-state index is 6.30. The van der Waals surface area contributed by atoms with E-state index in [1.54, 1.807) is 11.8 Å². The highest BCUT2D eigenvalue weighted by atomic mass is 32.2. The molecular formula is C25H40N2OS. The van der Waals surface area contributed by atoms with Crippen LogP contribution in [0.25, 0.3) is 0 Å². The molecule has 1 heterocycles. The number of benzene rings is 1. The Labute approximate surface area is 182 Å². The van der Waals surface area contributed by atoms with Crippen molar-refractivity contribution in [2.75, 3.05) is 6.61 Å². The second-order valence-electron chi connectivity index (χ2n) is 8.67. The summed E-state index contributed by atoms with van der Waals surface area (Å²) in [5.74, 6) is 2.49. The number of unbranched alkanes of at least 4 members (excludes halogenated alkanes) is 4. The van der Waals surface area contributed by atoms with Crippen molar-refractivity contribution in [3.8, 4) is 5.75 Å². The van der Waals surface area contributed by atoms with Crippen LogP contribution in [-0.2, 0) is 0 Å². The second kappa shape index (κ2) is 12.3. The van der Waals surface area contributed by atoms with Gasteiger partial charge < -0.3 is 10.5 Å². The minimum atomic E-state index is -0.125. The van der Waals surface area contributed by atoms with Crippen molar-refractivity contribution in [3.05, 3.63) is 35.2 Å². The Kier molecular flexibility index (Phi) is 10.1. The monoisotopic (exact) mass is 416 g/mol. The molecule has 29 heavy (non-hydrogen) atoms. The molecule has 2 rings (SSSR count). The summed E-state index contributed by atoms with van der Waals surface area (Å²) < 4.78 is 5.93. The lowest BCUT2D eigenvalue weighted by Gasteiger charge is -2.21. The summed E-state index contributed by atoms with van der Waals surface area (Å²) in [6.07, 6.45) is 13.5. The van der Waals surface area contributed by atoms with Crippen molar-refractivity contribution in [1.82, 2.24) is 0 Å². The number of rotatable bonds is 13.